The third-order valence-corrected chi connectivity index (χ3v) is 7.29. The number of sulfonamides is 1. The Labute approximate surface area is 176 Å². The number of hydrogen-bond donors (Lipinski definition) is 2. The summed E-state index contributed by atoms with van der Waals surface area (Å²) in [6.07, 6.45) is 2.45. The van der Waals surface area contributed by atoms with Crippen molar-refractivity contribution in [1.82, 2.24) is 4.31 Å². The van der Waals surface area contributed by atoms with Gasteiger partial charge in [0.2, 0.25) is 15.9 Å². The number of anilines is 1. The van der Waals surface area contributed by atoms with E-state index in [4.69, 9.17) is 0 Å². The Bertz CT molecular complexity index is 1180. The minimum Gasteiger partial charge on any atom is -0.506 e. The number of nitrogens with zero attached hydrogens (tertiary/aromatic N) is 1. The van der Waals surface area contributed by atoms with Crippen molar-refractivity contribution in [2.24, 2.45) is 0 Å². The molecular formula is C23H24N2O4S. The molecule has 2 N–H and O–H groups in total. The van der Waals surface area contributed by atoms with E-state index in [2.05, 4.69) is 11.4 Å². The molecule has 1 amide bonds. The molecule has 6 nitrogen and oxygen atoms in total. The number of phenols is 1. The third kappa shape index (κ3) is 4.32. The molecule has 0 spiro atoms. The third-order valence-electron chi connectivity index (χ3n) is 5.40. The minimum absolute atomic E-state index is 0.0760. The normalized spacial score (nSPS) is 14.8. The van der Waals surface area contributed by atoms with Crippen LogP contribution in [0.4, 0.5) is 5.69 Å². The fraction of sp³-hybridized carbons (Fsp3) is 0.261. The molecule has 1 saturated heterocycles. The summed E-state index contributed by atoms with van der Waals surface area (Å²) in [5, 5.41) is 15.0. The van der Waals surface area contributed by atoms with Crippen molar-refractivity contribution in [1.29, 1.82) is 0 Å². The van der Waals surface area contributed by atoms with Gasteiger partial charge in [-0.1, -0.05) is 42.5 Å². The van der Waals surface area contributed by atoms with Gasteiger partial charge in [-0.2, -0.15) is 4.31 Å². The van der Waals surface area contributed by atoms with Crippen molar-refractivity contribution < 1.29 is 18.3 Å². The quantitative estimate of drug-likeness (QED) is 0.588. The van der Waals surface area contributed by atoms with Gasteiger partial charge in [-0.15, -0.1) is 0 Å². The summed E-state index contributed by atoms with van der Waals surface area (Å²) in [5.41, 5.74) is 1.15. The Kier molecular flexibility index (Phi) is 5.74. The van der Waals surface area contributed by atoms with Gasteiger partial charge >= 0.3 is 0 Å². The molecule has 1 aliphatic rings. The monoisotopic (exact) mass is 424 g/mol. The standard InChI is InChI=1S/C23H24N2O4S/c26-22-11-10-20(30(28,29)25-13-3-4-14-25)16-21(22)24-23(27)12-8-17-7-9-18-5-1-2-6-19(18)15-17/h1-2,5-7,9-11,15-16,26H,3-4,8,12-14H2,(H,24,27). The predicted molar refractivity (Wildman–Crippen MR) is 117 cm³/mol. The predicted octanol–water partition coefficient (Wildman–Crippen LogP) is 3.90. The highest BCUT2D eigenvalue weighted by Crippen LogP contribution is 2.29. The van der Waals surface area contributed by atoms with Gasteiger partial charge in [-0.05, 0) is 53.8 Å². The first kappa shape index (κ1) is 20.4. The molecule has 0 atom stereocenters. The lowest BCUT2D eigenvalue weighted by molar-refractivity contribution is -0.116. The zero-order valence-corrected chi connectivity index (χ0v) is 17.4. The summed E-state index contributed by atoms with van der Waals surface area (Å²) in [6.45, 7) is 0.993. The summed E-state index contributed by atoms with van der Waals surface area (Å²) in [5.74, 6) is -0.441. The van der Waals surface area contributed by atoms with Crippen LogP contribution < -0.4 is 5.32 Å². The molecule has 0 radical (unpaired) electrons. The first-order valence-electron chi connectivity index (χ1n) is 10.0. The molecule has 3 aromatic rings. The van der Waals surface area contributed by atoms with Crippen LogP contribution in [0.5, 0.6) is 5.75 Å². The maximum absolute atomic E-state index is 12.7. The fourth-order valence-electron chi connectivity index (χ4n) is 3.72. The molecule has 0 aliphatic carbocycles. The molecule has 7 heteroatoms. The topological polar surface area (TPSA) is 86.7 Å². The Balaban J connectivity index is 1.44. The second-order valence-electron chi connectivity index (χ2n) is 7.52. The van der Waals surface area contributed by atoms with Gasteiger partial charge in [-0.3, -0.25) is 4.79 Å². The van der Waals surface area contributed by atoms with E-state index in [1.54, 1.807) is 0 Å². The second kappa shape index (κ2) is 8.45. The molecular weight excluding hydrogens is 400 g/mol. The Morgan fingerprint density at radius 3 is 2.47 bits per heavy atom. The Hall–Kier alpha value is -2.90. The van der Waals surface area contributed by atoms with Gasteiger partial charge in [0, 0.05) is 19.5 Å². The van der Waals surface area contributed by atoms with Crippen LogP contribution in [0.25, 0.3) is 10.8 Å². The molecule has 0 saturated carbocycles. The van der Waals surface area contributed by atoms with Crippen molar-refractivity contribution >= 4 is 32.4 Å². The molecule has 4 rings (SSSR count). The lowest BCUT2D eigenvalue weighted by Gasteiger charge is -2.16. The number of nitrogens with one attached hydrogen (secondary N) is 1. The van der Waals surface area contributed by atoms with Crippen molar-refractivity contribution in [3.63, 3.8) is 0 Å². The van der Waals surface area contributed by atoms with Gasteiger partial charge in [0.15, 0.2) is 0 Å². The summed E-state index contributed by atoms with van der Waals surface area (Å²) >= 11 is 0. The largest absolute Gasteiger partial charge is 0.506 e. The van der Waals surface area contributed by atoms with E-state index in [0.29, 0.717) is 19.5 Å². The highest BCUT2D eigenvalue weighted by molar-refractivity contribution is 7.89. The van der Waals surface area contributed by atoms with Crippen LogP contribution >= 0.6 is 0 Å². The molecule has 1 heterocycles. The van der Waals surface area contributed by atoms with E-state index in [9.17, 15) is 18.3 Å². The second-order valence-corrected chi connectivity index (χ2v) is 9.46. The number of carbonyl (C=O) groups excluding carboxylic acids is 1. The van der Waals surface area contributed by atoms with Crippen LogP contribution in [-0.4, -0.2) is 36.8 Å². The zero-order valence-electron chi connectivity index (χ0n) is 16.5. The lowest BCUT2D eigenvalue weighted by Crippen LogP contribution is -2.28. The average molecular weight is 425 g/mol. The van der Waals surface area contributed by atoms with Gasteiger partial charge in [0.25, 0.3) is 0 Å². The fourth-order valence-corrected chi connectivity index (χ4v) is 5.26. The first-order chi connectivity index (χ1) is 14.4. The Morgan fingerprint density at radius 2 is 1.70 bits per heavy atom. The van der Waals surface area contributed by atoms with Crippen molar-refractivity contribution in [2.45, 2.75) is 30.6 Å². The highest BCUT2D eigenvalue weighted by Gasteiger charge is 2.27. The van der Waals surface area contributed by atoms with Crippen LogP contribution in [0.2, 0.25) is 0 Å². The van der Waals surface area contributed by atoms with Gasteiger partial charge < -0.3 is 10.4 Å². The SMILES string of the molecule is O=C(CCc1ccc2ccccc2c1)Nc1cc(S(=O)(=O)N2CCCC2)ccc1O. The minimum atomic E-state index is -3.62. The number of aryl methyl sites for hydroxylation is 1. The van der Waals surface area contributed by atoms with Crippen molar-refractivity contribution in [3.05, 3.63) is 66.2 Å². The number of rotatable bonds is 6. The van der Waals surface area contributed by atoms with E-state index in [0.717, 1.165) is 29.2 Å². The Morgan fingerprint density at radius 1 is 0.967 bits per heavy atom. The molecule has 30 heavy (non-hydrogen) atoms. The molecule has 3 aromatic carbocycles. The zero-order chi connectivity index (χ0) is 21.1. The lowest BCUT2D eigenvalue weighted by atomic mass is 10.0. The smallest absolute Gasteiger partial charge is 0.243 e. The molecule has 1 aliphatic heterocycles. The van der Waals surface area contributed by atoms with E-state index >= 15 is 0 Å². The maximum atomic E-state index is 12.7. The van der Waals surface area contributed by atoms with Gasteiger partial charge in [0.1, 0.15) is 5.75 Å². The van der Waals surface area contributed by atoms with Crippen LogP contribution in [0.15, 0.2) is 65.6 Å². The summed E-state index contributed by atoms with van der Waals surface area (Å²) < 4.78 is 26.9. The number of phenolic OH excluding ortho intramolecular Hbond substituents is 1. The van der Waals surface area contributed by atoms with E-state index in [1.165, 1.54) is 22.5 Å². The average Bonchev–Trinajstić information content (AvgIpc) is 3.29. The van der Waals surface area contributed by atoms with Crippen molar-refractivity contribution in [3.8, 4) is 5.75 Å². The summed E-state index contributed by atoms with van der Waals surface area (Å²) in [4.78, 5) is 12.5. The molecule has 0 aromatic heterocycles. The molecule has 0 bridgehead atoms. The van der Waals surface area contributed by atoms with Gasteiger partial charge in [-0.25, -0.2) is 8.42 Å². The van der Waals surface area contributed by atoms with E-state index < -0.39 is 10.0 Å². The van der Waals surface area contributed by atoms with E-state index in [1.807, 2.05) is 36.4 Å². The van der Waals surface area contributed by atoms with Crippen LogP contribution in [0, 0.1) is 0 Å². The number of amides is 1. The number of hydrogen-bond acceptors (Lipinski definition) is 4. The number of fused-ring (bicyclic) bond motifs is 1. The highest BCUT2D eigenvalue weighted by atomic mass is 32.2. The summed E-state index contributed by atoms with van der Waals surface area (Å²) in [7, 11) is -3.62. The number of benzene rings is 3. The van der Waals surface area contributed by atoms with Crippen LogP contribution in [0.1, 0.15) is 24.8 Å². The van der Waals surface area contributed by atoms with Crippen molar-refractivity contribution in [2.75, 3.05) is 18.4 Å². The van der Waals surface area contributed by atoms with Gasteiger partial charge in [0.05, 0.1) is 10.6 Å². The molecule has 156 valence electrons. The maximum Gasteiger partial charge on any atom is 0.243 e. The first-order valence-corrected chi connectivity index (χ1v) is 11.5. The number of carbonyl (C=O) groups is 1. The molecule has 1 fully saturated rings. The van der Waals surface area contributed by atoms with Crippen LogP contribution in [0.3, 0.4) is 0 Å². The van der Waals surface area contributed by atoms with E-state index in [-0.39, 0.29) is 28.7 Å². The van der Waals surface area contributed by atoms with Crippen LogP contribution in [-0.2, 0) is 21.2 Å². The molecule has 0 unspecified atom stereocenters. The number of aromatic hydroxyl groups is 1. The summed E-state index contributed by atoms with van der Waals surface area (Å²) in [6, 6.07) is 18.1.